The van der Waals surface area contributed by atoms with E-state index in [2.05, 4.69) is 43.4 Å². The number of carbonyl (C=O) groups is 1. The van der Waals surface area contributed by atoms with Crippen molar-refractivity contribution < 1.29 is 4.79 Å². The van der Waals surface area contributed by atoms with Gasteiger partial charge in [-0.3, -0.25) is 4.79 Å². The van der Waals surface area contributed by atoms with Gasteiger partial charge in [-0.15, -0.1) is 0 Å². The van der Waals surface area contributed by atoms with E-state index in [0.29, 0.717) is 5.92 Å². The Kier molecular flexibility index (Phi) is 3.78. The molecular formula is C19H21NO. The van der Waals surface area contributed by atoms with Crippen molar-refractivity contribution >= 4 is 11.5 Å². The summed E-state index contributed by atoms with van der Waals surface area (Å²) in [5.41, 5.74) is 4.32. The molecule has 0 saturated carbocycles. The lowest BCUT2D eigenvalue weighted by atomic mass is 9.84. The zero-order chi connectivity index (χ0) is 14.8. The maximum absolute atomic E-state index is 12.8. The van der Waals surface area contributed by atoms with Gasteiger partial charge in [0.05, 0.1) is 5.92 Å². The minimum Gasteiger partial charge on any atom is -0.385 e. The number of fused-ring (bicyclic) bond motifs is 1. The van der Waals surface area contributed by atoms with Crippen LogP contribution in [-0.4, -0.2) is 12.3 Å². The quantitative estimate of drug-likeness (QED) is 0.832. The topological polar surface area (TPSA) is 29.1 Å². The van der Waals surface area contributed by atoms with Crippen molar-refractivity contribution in [2.75, 3.05) is 11.9 Å². The third-order valence-electron chi connectivity index (χ3n) is 4.26. The molecule has 108 valence electrons. The largest absolute Gasteiger partial charge is 0.385 e. The maximum atomic E-state index is 12.8. The number of ketones is 1. The molecule has 0 amide bonds. The summed E-state index contributed by atoms with van der Waals surface area (Å²) < 4.78 is 0. The molecule has 0 radical (unpaired) electrons. The lowest BCUT2D eigenvalue weighted by molar-refractivity contribution is 0.0955. The Balaban J connectivity index is 1.89. The van der Waals surface area contributed by atoms with Crippen molar-refractivity contribution in [3.63, 3.8) is 0 Å². The number of nitrogens with one attached hydrogen (secondary N) is 1. The number of anilines is 1. The first-order chi connectivity index (χ1) is 10.2. The summed E-state index contributed by atoms with van der Waals surface area (Å²) >= 11 is 0. The molecule has 2 aromatic rings. The molecule has 1 N–H and O–H groups in total. The van der Waals surface area contributed by atoms with Crippen LogP contribution in [0.25, 0.3) is 0 Å². The van der Waals surface area contributed by atoms with Gasteiger partial charge in [0.2, 0.25) is 0 Å². The summed E-state index contributed by atoms with van der Waals surface area (Å²) in [6.45, 7) is 5.19. The van der Waals surface area contributed by atoms with Crippen LogP contribution in [0.4, 0.5) is 5.69 Å². The van der Waals surface area contributed by atoms with Crippen LogP contribution in [0.3, 0.4) is 0 Å². The Morgan fingerprint density at radius 1 is 1.10 bits per heavy atom. The van der Waals surface area contributed by atoms with Gasteiger partial charge in [-0.1, -0.05) is 56.3 Å². The van der Waals surface area contributed by atoms with Crippen LogP contribution in [0.2, 0.25) is 0 Å². The molecule has 0 aromatic heterocycles. The van der Waals surface area contributed by atoms with E-state index in [4.69, 9.17) is 0 Å². The summed E-state index contributed by atoms with van der Waals surface area (Å²) in [5.74, 6) is 0.709. The summed E-state index contributed by atoms with van der Waals surface area (Å²) in [6, 6.07) is 16.2. The minimum absolute atomic E-state index is 0.0210. The van der Waals surface area contributed by atoms with Crippen molar-refractivity contribution in [1.82, 2.24) is 0 Å². The molecule has 1 aliphatic heterocycles. The highest BCUT2D eigenvalue weighted by molar-refractivity contribution is 6.02. The molecule has 1 heterocycles. The molecule has 2 heteroatoms. The molecule has 1 aliphatic rings. The van der Waals surface area contributed by atoms with Gasteiger partial charge in [-0.2, -0.15) is 0 Å². The fourth-order valence-corrected chi connectivity index (χ4v) is 2.97. The Labute approximate surface area is 126 Å². The Bertz CT molecular complexity index is 643. The van der Waals surface area contributed by atoms with E-state index in [1.165, 1.54) is 5.56 Å². The average molecular weight is 279 g/mol. The van der Waals surface area contributed by atoms with Crippen molar-refractivity contribution in [3.8, 4) is 0 Å². The van der Waals surface area contributed by atoms with Crippen molar-refractivity contribution in [3.05, 3.63) is 65.2 Å². The second-order valence-corrected chi connectivity index (χ2v) is 6.00. The molecule has 1 atom stereocenters. The average Bonchev–Trinajstić information content (AvgIpc) is 2.53. The predicted octanol–water partition coefficient (Wildman–Crippen LogP) is 4.59. The molecule has 2 nitrogen and oxygen atoms in total. The molecule has 21 heavy (non-hydrogen) atoms. The van der Waals surface area contributed by atoms with E-state index in [1.807, 2.05) is 24.3 Å². The first kappa shape index (κ1) is 13.9. The molecule has 0 aliphatic carbocycles. The third-order valence-corrected chi connectivity index (χ3v) is 4.26. The number of Topliss-reactive ketones (excluding diaryl/α,β-unsaturated/α-hetero) is 1. The van der Waals surface area contributed by atoms with Gasteiger partial charge in [-0.05, 0) is 29.5 Å². The summed E-state index contributed by atoms with van der Waals surface area (Å²) in [4.78, 5) is 12.8. The van der Waals surface area contributed by atoms with E-state index < -0.39 is 0 Å². The molecule has 0 saturated heterocycles. The van der Waals surface area contributed by atoms with Crippen LogP contribution in [0.15, 0.2) is 48.5 Å². The number of rotatable bonds is 3. The fraction of sp³-hybridized carbons (Fsp3) is 0.316. The van der Waals surface area contributed by atoms with E-state index in [1.54, 1.807) is 0 Å². The summed E-state index contributed by atoms with van der Waals surface area (Å²) in [6.07, 6.45) is 0.863. The second kappa shape index (κ2) is 5.72. The zero-order valence-corrected chi connectivity index (χ0v) is 12.6. The van der Waals surface area contributed by atoms with Gasteiger partial charge in [-0.25, -0.2) is 0 Å². The lowest BCUT2D eigenvalue weighted by Gasteiger charge is -2.25. The number of carbonyl (C=O) groups excluding carboxylic acids is 1. The van der Waals surface area contributed by atoms with E-state index in [0.717, 1.165) is 29.8 Å². The van der Waals surface area contributed by atoms with Gasteiger partial charge < -0.3 is 5.32 Å². The van der Waals surface area contributed by atoms with Crippen LogP contribution in [0, 0.1) is 0 Å². The Morgan fingerprint density at radius 2 is 1.81 bits per heavy atom. The van der Waals surface area contributed by atoms with Crippen LogP contribution in [0.5, 0.6) is 0 Å². The van der Waals surface area contributed by atoms with Crippen LogP contribution in [-0.2, 0) is 0 Å². The van der Waals surface area contributed by atoms with E-state index >= 15 is 0 Å². The van der Waals surface area contributed by atoms with Crippen LogP contribution < -0.4 is 5.32 Å². The molecule has 3 rings (SSSR count). The molecular weight excluding hydrogens is 258 g/mol. The minimum atomic E-state index is -0.0210. The van der Waals surface area contributed by atoms with Gasteiger partial charge >= 0.3 is 0 Å². The predicted molar refractivity (Wildman–Crippen MR) is 87.2 cm³/mol. The highest BCUT2D eigenvalue weighted by Gasteiger charge is 2.26. The van der Waals surface area contributed by atoms with E-state index in [9.17, 15) is 4.79 Å². The smallest absolute Gasteiger partial charge is 0.170 e. The molecule has 0 bridgehead atoms. The number of para-hydroxylation sites is 1. The summed E-state index contributed by atoms with van der Waals surface area (Å²) in [7, 11) is 0. The molecule has 0 fully saturated rings. The first-order valence-corrected chi connectivity index (χ1v) is 7.64. The number of benzene rings is 2. The molecule has 1 unspecified atom stereocenters. The van der Waals surface area contributed by atoms with Crippen LogP contribution in [0.1, 0.15) is 53.6 Å². The molecule has 2 aromatic carbocycles. The van der Waals surface area contributed by atoms with Gasteiger partial charge in [0, 0.05) is 17.8 Å². The normalized spacial score (nSPS) is 17.2. The van der Waals surface area contributed by atoms with Crippen molar-refractivity contribution in [1.29, 1.82) is 0 Å². The van der Waals surface area contributed by atoms with E-state index in [-0.39, 0.29) is 11.7 Å². The van der Waals surface area contributed by atoms with Gasteiger partial charge in [0.15, 0.2) is 5.78 Å². The number of hydrogen-bond donors (Lipinski definition) is 1. The van der Waals surface area contributed by atoms with Crippen LogP contribution >= 0.6 is 0 Å². The van der Waals surface area contributed by atoms with Crippen molar-refractivity contribution in [2.24, 2.45) is 0 Å². The van der Waals surface area contributed by atoms with Gasteiger partial charge in [0.1, 0.15) is 0 Å². The fourth-order valence-electron chi connectivity index (χ4n) is 2.97. The number of hydrogen-bond acceptors (Lipinski definition) is 2. The maximum Gasteiger partial charge on any atom is 0.170 e. The molecule has 0 spiro atoms. The van der Waals surface area contributed by atoms with Gasteiger partial charge in [0.25, 0.3) is 0 Å². The Hall–Kier alpha value is -2.09. The first-order valence-electron chi connectivity index (χ1n) is 7.64. The van der Waals surface area contributed by atoms with Crippen molar-refractivity contribution in [2.45, 2.75) is 32.1 Å². The highest BCUT2D eigenvalue weighted by atomic mass is 16.1. The lowest BCUT2D eigenvalue weighted by Crippen LogP contribution is -2.23. The highest BCUT2D eigenvalue weighted by Crippen LogP contribution is 2.33. The standard InChI is InChI=1S/C19H21NO/c1-13(2)14-7-9-15(10-8-14)19(21)17-11-12-20-18-6-4-3-5-16(17)18/h3-10,13,17,20H,11-12H2,1-2H3. The summed E-state index contributed by atoms with van der Waals surface area (Å²) in [5, 5.41) is 3.37. The monoisotopic (exact) mass is 279 g/mol. The Morgan fingerprint density at radius 3 is 2.52 bits per heavy atom. The third kappa shape index (κ3) is 2.71. The zero-order valence-electron chi connectivity index (χ0n) is 12.6. The second-order valence-electron chi connectivity index (χ2n) is 6.00. The SMILES string of the molecule is CC(C)c1ccc(C(=O)C2CCNc3ccccc32)cc1.